The molecule has 1 heterocycles. The number of hydrogen-bond donors (Lipinski definition) is 1. The number of benzene rings is 1. The van der Waals surface area contributed by atoms with Crippen molar-refractivity contribution in [2.45, 2.75) is 20.8 Å². The summed E-state index contributed by atoms with van der Waals surface area (Å²) in [4.78, 5) is 21.8. The van der Waals surface area contributed by atoms with Gasteiger partial charge >= 0.3 is 5.97 Å². The van der Waals surface area contributed by atoms with Gasteiger partial charge in [0, 0.05) is 28.5 Å². The van der Waals surface area contributed by atoms with Crippen molar-refractivity contribution >= 4 is 44.8 Å². The fourth-order valence-electron chi connectivity index (χ4n) is 2.16. The number of aromatic nitrogens is 1. The Labute approximate surface area is 138 Å². The summed E-state index contributed by atoms with van der Waals surface area (Å²) in [5.41, 5.74) is 1.86. The number of carbonyl (C=O) groups is 1. The summed E-state index contributed by atoms with van der Waals surface area (Å²) in [5, 5.41) is 0.890. The molecule has 6 heteroatoms. The van der Waals surface area contributed by atoms with Crippen LogP contribution in [0.5, 0.6) is 0 Å². The van der Waals surface area contributed by atoms with E-state index in [0.717, 1.165) is 28.5 Å². The lowest BCUT2D eigenvalue weighted by Gasteiger charge is -2.13. The Kier molecular flexibility index (Phi) is 5.60. The van der Waals surface area contributed by atoms with E-state index in [1.165, 1.54) is 0 Å². The van der Waals surface area contributed by atoms with Crippen LogP contribution in [0.2, 0.25) is 0 Å². The molecule has 0 aliphatic heterocycles. The van der Waals surface area contributed by atoms with Crippen molar-refractivity contribution in [3.63, 3.8) is 0 Å². The zero-order chi connectivity index (χ0) is 16.1. The number of fused-ring (bicyclic) bond motifs is 1. The lowest BCUT2D eigenvalue weighted by atomic mass is 10.2. The van der Waals surface area contributed by atoms with E-state index in [2.05, 4.69) is 44.7 Å². The van der Waals surface area contributed by atoms with Gasteiger partial charge in [-0.3, -0.25) is 0 Å². The first-order valence-electron chi connectivity index (χ1n) is 7.37. The molecule has 0 saturated carbocycles. The standard InChI is InChI=1S/C16H20BrN3O2/c1-4-20(5-2)10-18-14-12-9-11(17)7-8-13(12)19-15(14)16(21)22-6-3/h7-10,19H,4-6H2,1-3H3. The van der Waals surface area contributed by atoms with Crippen LogP contribution < -0.4 is 0 Å². The van der Waals surface area contributed by atoms with E-state index in [1.807, 2.05) is 18.2 Å². The zero-order valence-electron chi connectivity index (χ0n) is 13.0. The highest BCUT2D eigenvalue weighted by atomic mass is 79.9. The molecule has 1 N–H and O–H groups in total. The third-order valence-corrected chi connectivity index (χ3v) is 3.87. The average molecular weight is 366 g/mol. The van der Waals surface area contributed by atoms with E-state index in [-0.39, 0.29) is 5.97 Å². The summed E-state index contributed by atoms with van der Waals surface area (Å²) in [5.74, 6) is -0.387. The average Bonchev–Trinajstić information content (AvgIpc) is 2.87. The molecule has 0 bridgehead atoms. The summed E-state index contributed by atoms with van der Waals surface area (Å²) in [6, 6.07) is 5.79. The smallest absolute Gasteiger partial charge is 0.357 e. The van der Waals surface area contributed by atoms with Crippen molar-refractivity contribution in [3.05, 3.63) is 28.4 Å². The van der Waals surface area contributed by atoms with Crippen molar-refractivity contribution in [1.29, 1.82) is 0 Å². The van der Waals surface area contributed by atoms with Crippen LogP contribution in [-0.2, 0) is 4.74 Å². The monoisotopic (exact) mass is 365 g/mol. The second-order valence-electron chi connectivity index (χ2n) is 4.72. The first-order chi connectivity index (χ1) is 10.6. The molecular weight excluding hydrogens is 346 g/mol. The van der Waals surface area contributed by atoms with Crippen molar-refractivity contribution in [1.82, 2.24) is 9.88 Å². The maximum atomic E-state index is 12.2. The van der Waals surface area contributed by atoms with Gasteiger partial charge in [0.25, 0.3) is 0 Å². The van der Waals surface area contributed by atoms with Gasteiger partial charge in [0.2, 0.25) is 0 Å². The second kappa shape index (κ2) is 7.45. The van der Waals surface area contributed by atoms with Gasteiger partial charge < -0.3 is 14.6 Å². The van der Waals surface area contributed by atoms with Crippen LogP contribution in [0.3, 0.4) is 0 Å². The molecule has 5 nitrogen and oxygen atoms in total. The summed E-state index contributed by atoms with van der Waals surface area (Å²) in [6.45, 7) is 7.97. The maximum Gasteiger partial charge on any atom is 0.357 e. The van der Waals surface area contributed by atoms with E-state index >= 15 is 0 Å². The van der Waals surface area contributed by atoms with Gasteiger partial charge in [-0.1, -0.05) is 15.9 Å². The molecule has 0 fully saturated rings. The van der Waals surface area contributed by atoms with Gasteiger partial charge in [-0.25, -0.2) is 9.79 Å². The van der Waals surface area contributed by atoms with Crippen LogP contribution in [0.25, 0.3) is 10.9 Å². The number of aromatic amines is 1. The number of halogens is 1. The van der Waals surface area contributed by atoms with Crippen LogP contribution in [0.15, 0.2) is 27.7 Å². The lowest BCUT2D eigenvalue weighted by molar-refractivity contribution is 0.0521. The summed E-state index contributed by atoms with van der Waals surface area (Å²) in [7, 11) is 0. The highest BCUT2D eigenvalue weighted by Gasteiger charge is 2.18. The van der Waals surface area contributed by atoms with E-state index in [0.29, 0.717) is 18.0 Å². The molecule has 1 aromatic carbocycles. The molecule has 0 aliphatic carbocycles. The summed E-state index contributed by atoms with van der Waals surface area (Å²) >= 11 is 3.46. The molecule has 0 radical (unpaired) electrons. The van der Waals surface area contributed by atoms with E-state index < -0.39 is 0 Å². The quantitative estimate of drug-likeness (QED) is 0.476. The zero-order valence-corrected chi connectivity index (χ0v) is 14.6. The third-order valence-electron chi connectivity index (χ3n) is 3.38. The van der Waals surface area contributed by atoms with E-state index in [4.69, 9.17) is 4.74 Å². The fraction of sp³-hybridized carbons (Fsp3) is 0.375. The minimum atomic E-state index is -0.387. The number of aliphatic imine (C=N–C) groups is 1. The first-order valence-corrected chi connectivity index (χ1v) is 8.16. The number of H-pyrrole nitrogens is 1. The predicted molar refractivity (Wildman–Crippen MR) is 93.0 cm³/mol. The molecule has 0 unspecified atom stereocenters. The minimum absolute atomic E-state index is 0.330. The van der Waals surface area contributed by atoms with Crippen LogP contribution in [0.1, 0.15) is 31.3 Å². The van der Waals surface area contributed by atoms with Crippen LogP contribution >= 0.6 is 15.9 Å². The lowest BCUT2D eigenvalue weighted by Crippen LogP contribution is -2.20. The Morgan fingerprint density at radius 1 is 1.36 bits per heavy atom. The number of nitrogens with zero attached hydrogens (tertiary/aromatic N) is 2. The number of rotatable bonds is 6. The SMILES string of the molecule is CCOC(=O)c1[nH]c2ccc(Br)cc2c1N=CN(CC)CC. The number of hydrogen-bond acceptors (Lipinski definition) is 3. The van der Waals surface area contributed by atoms with E-state index in [9.17, 15) is 4.79 Å². The van der Waals surface area contributed by atoms with Gasteiger partial charge in [-0.05, 0) is 39.0 Å². The molecule has 2 rings (SSSR count). The maximum absolute atomic E-state index is 12.2. The number of esters is 1. The Morgan fingerprint density at radius 2 is 2.09 bits per heavy atom. The summed E-state index contributed by atoms with van der Waals surface area (Å²) < 4.78 is 6.06. The molecule has 118 valence electrons. The van der Waals surface area contributed by atoms with Gasteiger partial charge in [0.05, 0.1) is 12.9 Å². The Balaban J connectivity index is 2.53. The molecule has 1 aromatic heterocycles. The molecule has 0 saturated heterocycles. The van der Waals surface area contributed by atoms with Gasteiger partial charge in [-0.15, -0.1) is 0 Å². The normalized spacial score (nSPS) is 11.3. The molecule has 22 heavy (non-hydrogen) atoms. The highest BCUT2D eigenvalue weighted by molar-refractivity contribution is 9.10. The van der Waals surface area contributed by atoms with Crippen LogP contribution in [-0.4, -0.2) is 41.9 Å². The third kappa shape index (κ3) is 3.50. The molecule has 0 aliphatic rings. The van der Waals surface area contributed by atoms with Gasteiger partial charge in [-0.2, -0.15) is 0 Å². The minimum Gasteiger partial charge on any atom is -0.461 e. The molecule has 2 aromatic rings. The van der Waals surface area contributed by atoms with E-state index in [1.54, 1.807) is 13.3 Å². The predicted octanol–water partition coefficient (Wildman–Crippen LogP) is 4.11. The first kappa shape index (κ1) is 16.5. The molecular formula is C16H20BrN3O2. The van der Waals surface area contributed by atoms with Gasteiger partial charge in [0.1, 0.15) is 5.69 Å². The fourth-order valence-corrected chi connectivity index (χ4v) is 2.52. The Hall–Kier alpha value is -1.82. The van der Waals surface area contributed by atoms with Crippen molar-refractivity contribution in [2.75, 3.05) is 19.7 Å². The van der Waals surface area contributed by atoms with Gasteiger partial charge in [0.15, 0.2) is 5.69 Å². The van der Waals surface area contributed by atoms with Crippen LogP contribution in [0, 0.1) is 0 Å². The van der Waals surface area contributed by atoms with Crippen molar-refractivity contribution < 1.29 is 9.53 Å². The molecule has 0 spiro atoms. The topological polar surface area (TPSA) is 57.7 Å². The number of carbonyl (C=O) groups excluding carboxylic acids is 1. The van der Waals surface area contributed by atoms with Crippen LogP contribution in [0.4, 0.5) is 5.69 Å². The Bertz CT molecular complexity index is 690. The highest BCUT2D eigenvalue weighted by Crippen LogP contribution is 2.32. The Morgan fingerprint density at radius 3 is 2.73 bits per heavy atom. The van der Waals surface area contributed by atoms with Crippen molar-refractivity contribution in [3.8, 4) is 0 Å². The number of nitrogens with one attached hydrogen (secondary N) is 1. The number of ether oxygens (including phenoxy) is 1. The molecule has 0 atom stereocenters. The largest absolute Gasteiger partial charge is 0.461 e. The van der Waals surface area contributed by atoms with Crippen molar-refractivity contribution in [2.24, 2.45) is 4.99 Å². The summed E-state index contributed by atoms with van der Waals surface area (Å²) in [6.07, 6.45) is 1.77. The molecule has 0 amide bonds. The second-order valence-corrected chi connectivity index (χ2v) is 5.64.